The van der Waals surface area contributed by atoms with Crippen molar-refractivity contribution in [1.29, 1.82) is 0 Å². The summed E-state index contributed by atoms with van der Waals surface area (Å²) in [7, 11) is 0. The second kappa shape index (κ2) is 3.96. The maximum absolute atomic E-state index is 12.1. The predicted molar refractivity (Wildman–Crippen MR) is 62.5 cm³/mol. The van der Waals surface area contributed by atoms with Crippen LogP contribution < -0.4 is 0 Å². The highest BCUT2D eigenvalue weighted by Crippen LogP contribution is 2.21. The minimum atomic E-state index is -1.07. The van der Waals surface area contributed by atoms with Gasteiger partial charge in [-0.15, -0.1) is 0 Å². The van der Waals surface area contributed by atoms with Gasteiger partial charge in [0.1, 0.15) is 0 Å². The number of benzene rings is 1. The Bertz CT molecular complexity index is 474. The van der Waals surface area contributed by atoms with Crippen molar-refractivity contribution in [2.24, 2.45) is 0 Å². The molecule has 1 aliphatic rings. The number of hydrogen-bond donors (Lipinski definition) is 1. The van der Waals surface area contributed by atoms with Crippen molar-refractivity contribution in [3.63, 3.8) is 0 Å². The summed E-state index contributed by atoms with van der Waals surface area (Å²) in [5.41, 5.74) is 0.239. The summed E-state index contributed by atoms with van der Waals surface area (Å²) in [6.07, 6.45) is 0.220. The van der Waals surface area contributed by atoms with Gasteiger partial charge in [0.05, 0.1) is 18.6 Å². The van der Waals surface area contributed by atoms with Crippen LogP contribution in [-0.4, -0.2) is 34.0 Å². The molecule has 4 nitrogen and oxygen atoms in total. The highest BCUT2D eigenvalue weighted by molar-refractivity contribution is 6.09. The number of rotatable bonds is 2. The maximum atomic E-state index is 12.1. The Kier molecular flexibility index (Phi) is 2.75. The van der Waals surface area contributed by atoms with Gasteiger partial charge >= 0.3 is 0 Å². The number of carbonyl (C=O) groups excluding carboxylic acids is 2. The van der Waals surface area contributed by atoms with E-state index >= 15 is 0 Å². The first kappa shape index (κ1) is 11.8. The van der Waals surface area contributed by atoms with Gasteiger partial charge in [-0.05, 0) is 25.5 Å². The number of carbonyl (C=O) groups is 2. The molecule has 17 heavy (non-hydrogen) atoms. The molecule has 4 heteroatoms. The number of hydrogen-bond acceptors (Lipinski definition) is 3. The van der Waals surface area contributed by atoms with E-state index in [1.165, 1.54) is 0 Å². The molecule has 0 spiro atoms. The van der Waals surface area contributed by atoms with Crippen LogP contribution in [0.3, 0.4) is 0 Å². The van der Waals surface area contributed by atoms with E-state index in [1.807, 2.05) is 6.07 Å². The molecule has 0 atom stereocenters. The van der Waals surface area contributed by atoms with Crippen LogP contribution in [0.4, 0.5) is 0 Å². The third-order valence-electron chi connectivity index (χ3n) is 2.68. The summed E-state index contributed by atoms with van der Waals surface area (Å²) < 4.78 is 0. The molecule has 90 valence electrons. The average molecular weight is 233 g/mol. The number of amides is 2. The van der Waals surface area contributed by atoms with Gasteiger partial charge in [0.25, 0.3) is 5.91 Å². The van der Waals surface area contributed by atoms with Crippen LogP contribution >= 0.6 is 0 Å². The Labute approximate surface area is 99.9 Å². The van der Waals surface area contributed by atoms with Crippen molar-refractivity contribution in [2.45, 2.75) is 25.9 Å². The summed E-state index contributed by atoms with van der Waals surface area (Å²) in [6.45, 7) is 3.18. The number of fused-ring (bicyclic) bond motifs is 1. The smallest absolute Gasteiger partial charge is 0.260 e. The van der Waals surface area contributed by atoms with Crippen molar-refractivity contribution in [1.82, 2.24) is 4.90 Å². The normalized spacial score (nSPS) is 16.1. The van der Waals surface area contributed by atoms with Crippen molar-refractivity contribution in [2.75, 3.05) is 6.54 Å². The topological polar surface area (TPSA) is 57.6 Å². The van der Waals surface area contributed by atoms with Crippen molar-refractivity contribution < 1.29 is 14.7 Å². The lowest BCUT2D eigenvalue weighted by molar-refractivity contribution is -0.130. The highest BCUT2D eigenvalue weighted by Gasteiger charge is 2.33. The van der Waals surface area contributed by atoms with Gasteiger partial charge in [-0.2, -0.15) is 0 Å². The van der Waals surface area contributed by atoms with Crippen LogP contribution in [-0.2, 0) is 11.2 Å². The van der Waals surface area contributed by atoms with Crippen LogP contribution in [0.1, 0.15) is 29.8 Å². The first-order valence-corrected chi connectivity index (χ1v) is 5.53. The quantitative estimate of drug-likeness (QED) is 0.775. The van der Waals surface area contributed by atoms with Crippen LogP contribution in [0, 0.1) is 0 Å². The SMILES string of the molecule is CC(C)(O)CN1C(=O)Cc2ccccc2C1=O. The lowest BCUT2D eigenvalue weighted by atomic mass is 9.97. The first-order chi connectivity index (χ1) is 7.88. The van der Waals surface area contributed by atoms with Gasteiger partial charge < -0.3 is 5.11 Å². The van der Waals surface area contributed by atoms with Gasteiger partial charge in [0, 0.05) is 5.56 Å². The molecule has 1 N–H and O–H groups in total. The van der Waals surface area contributed by atoms with E-state index in [0.29, 0.717) is 5.56 Å². The van der Waals surface area contributed by atoms with Crippen LogP contribution in [0.15, 0.2) is 24.3 Å². The average Bonchev–Trinajstić information content (AvgIpc) is 2.23. The summed E-state index contributed by atoms with van der Waals surface area (Å²) in [4.78, 5) is 25.1. The van der Waals surface area contributed by atoms with E-state index in [-0.39, 0.29) is 24.8 Å². The van der Waals surface area contributed by atoms with Gasteiger partial charge in [-0.1, -0.05) is 18.2 Å². The molecule has 0 aromatic heterocycles. The Morgan fingerprint density at radius 2 is 1.94 bits per heavy atom. The van der Waals surface area contributed by atoms with Gasteiger partial charge in [0.15, 0.2) is 0 Å². The van der Waals surface area contributed by atoms with E-state index in [4.69, 9.17) is 0 Å². The summed E-state index contributed by atoms with van der Waals surface area (Å²) in [5.74, 6) is -0.574. The third-order valence-corrected chi connectivity index (χ3v) is 2.68. The summed E-state index contributed by atoms with van der Waals surface area (Å²) in [6, 6.07) is 7.08. The lowest BCUT2D eigenvalue weighted by Gasteiger charge is -2.31. The zero-order chi connectivity index (χ0) is 12.6. The number of nitrogens with zero attached hydrogens (tertiary/aromatic N) is 1. The van der Waals surface area contributed by atoms with Crippen LogP contribution in [0.25, 0.3) is 0 Å². The van der Waals surface area contributed by atoms with Gasteiger partial charge in [-0.25, -0.2) is 0 Å². The molecule has 1 aromatic rings. The van der Waals surface area contributed by atoms with E-state index in [9.17, 15) is 14.7 Å². The van der Waals surface area contributed by atoms with E-state index < -0.39 is 5.60 Å². The molecule has 0 saturated heterocycles. The van der Waals surface area contributed by atoms with E-state index in [2.05, 4.69) is 0 Å². The Balaban J connectivity index is 2.34. The standard InChI is InChI=1S/C13H15NO3/c1-13(2,17)8-14-11(15)7-9-5-3-4-6-10(9)12(14)16/h3-6,17H,7-8H2,1-2H3. The van der Waals surface area contributed by atoms with Crippen LogP contribution in [0.2, 0.25) is 0 Å². The molecule has 1 heterocycles. The second-order valence-electron chi connectivity index (χ2n) is 4.93. The Morgan fingerprint density at radius 3 is 2.59 bits per heavy atom. The largest absolute Gasteiger partial charge is 0.389 e. The molecular formula is C13H15NO3. The fourth-order valence-corrected chi connectivity index (χ4v) is 1.95. The summed E-state index contributed by atoms with van der Waals surface area (Å²) >= 11 is 0. The Morgan fingerprint density at radius 1 is 1.29 bits per heavy atom. The molecule has 1 aliphatic heterocycles. The fraction of sp³-hybridized carbons (Fsp3) is 0.385. The minimum absolute atomic E-state index is 0.0268. The second-order valence-corrected chi connectivity index (χ2v) is 4.93. The van der Waals surface area contributed by atoms with E-state index in [0.717, 1.165) is 10.5 Å². The molecule has 0 aliphatic carbocycles. The molecule has 0 fully saturated rings. The zero-order valence-corrected chi connectivity index (χ0v) is 9.93. The molecule has 0 radical (unpaired) electrons. The predicted octanol–water partition coefficient (Wildman–Crippen LogP) is 0.982. The molecule has 2 rings (SSSR count). The molecule has 2 amide bonds. The maximum Gasteiger partial charge on any atom is 0.260 e. The monoisotopic (exact) mass is 233 g/mol. The fourth-order valence-electron chi connectivity index (χ4n) is 1.95. The molecule has 0 unspecified atom stereocenters. The van der Waals surface area contributed by atoms with Crippen molar-refractivity contribution in [3.8, 4) is 0 Å². The molecule has 0 bridgehead atoms. The van der Waals surface area contributed by atoms with Crippen molar-refractivity contribution in [3.05, 3.63) is 35.4 Å². The molecule has 0 saturated carbocycles. The van der Waals surface area contributed by atoms with Crippen molar-refractivity contribution >= 4 is 11.8 Å². The number of imide groups is 1. The van der Waals surface area contributed by atoms with Gasteiger partial charge in [0.2, 0.25) is 5.91 Å². The minimum Gasteiger partial charge on any atom is -0.389 e. The number of β-amino-alcohol motifs (C(OH)–C–C–N with tert-alkyl or cyclic N) is 1. The molecular weight excluding hydrogens is 218 g/mol. The third kappa shape index (κ3) is 2.36. The first-order valence-electron chi connectivity index (χ1n) is 5.53. The Hall–Kier alpha value is -1.68. The van der Waals surface area contributed by atoms with E-state index in [1.54, 1.807) is 32.0 Å². The molecule has 1 aromatic carbocycles. The van der Waals surface area contributed by atoms with Crippen LogP contribution in [0.5, 0.6) is 0 Å². The highest BCUT2D eigenvalue weighted by atomic mass is 16.3. The summed E-state index contributed by atoms with van der Waals surface area (Å²) in [5, 5.41) is 9.71. The number of aliphatic hydroxyl groups is 1. The van der Waals surface area contributed by atoms with Gasteiger partial charge in [-0.3, -0.25) is 14.5 Å². The lowest BCUT2D eigenvalue weighted by Crippen LogP contribution is -2.48. The zero-order valence-electron chi connectivity index (χ0n) is 9.93.